The molecule has 4 nitrogen and oxygen atoms in total. The molecule has 0 spiro atoms. The van der Waals surface area contributed by atoms with E-state index in [2.05, 4.69) is 0 Å². The predicted molar refractivity (Wildman–Crippen MR) is 69.9 cm³/mol. The fourth-order valence-electron chi connectivity index (χ4n) is 2.50. The summed E-state index contributed by atoms with van der Waals surface area (Å²) in [5.41, 5.74) is 0.202. The van der Waals surface area contributed by atoms with Crippen molar-refractivity contribution < 1.29 is 19.0 Å². The Labute approximate surface area is 112 Å². The highest BCUT2D eigenvalue weighted by atomic mass is 16.5. The van der Waals surface area contributed by atoms with Gasteiger partial charge in [0.25, 0.3) is 0 Å². The number of hydrogen-bond donors (Lipinski definition) is 0. The monoisotopic (exact) mass is 262 g/mol. The first-order valence-corrected chi connectivity index (χ1v) is 6.64. The molecule has 1 unspecified atom stereocenters. The number of hydrogen-bond acceptors (Lipinski definition) is 4. The maximum absolute atomic E-state index is 12.0. The summed E-state index contributed by atoms with van der Waals surface area (Å²) >= 11 is 0. The molecule has 0 N–H and O–H groups in total. The molecule has 102 valence electrons. The second-order valence-electron chi connectivity index (χ2n) is 5.72. The zero-order valence-electron chi connectivity index (χ0n) is 11.3. The number of carbonyl (C=O) groups is 1. The van der Waals surface area contributed by atoms with Crippen molar-refractivity contribution in [2.75, 3.05) is 13.2 Å². The quantitative estimate of drug-likeness (QED) is 0.821. The van der Waals surface area contributed by atoms with Gasteiger partial charge in [0.05, 0.1) is 25.2 Å². The SMILES string of the molecule is CC1(C)CC(=O)c2ccc(OC3CCOC3)cc2O1. The van der Waals surface area contributed by atoms with Crippen LogP contribution in [-0.4, -0.2) is 30.7 Å². The molecule has 0 aromatic heterocycles. The van der Waals surface area contributed by atoms with Gasteiger partial charge < -0.3 is 14.2 Å². The number of rotatable bonds is 2. The van der Waals surface area contributed by atoms with Gasteiger partial charge in [-0.25, -0.2) is 0 Å². The molecule has 3 rings (SSSR count). The van der Waals surface area contributed by atoms with E-state index in [0.29, 0.717) is 24.3 Å². The molecular formula is C15H18O4. The predicted octanol–water partition coefficient (Wildman–Crippen LogP) is 2.60. The van der Waals surface area contributed by atoms with Crippen LogP contribution in [0.3, 0.4) is 0 Å². The Morgan fingerprint density at radius 1 is 1.37 bits per heavy atom. The molecular weight excluding hydrogens is 244 g/mol. The molecule has 0 aliphatic carbocycles. The van der Waals surface area contributed by atoms with E-state index in [1.807, 2.05) is 26.0 Å². The molecule has 4 heteroatoms. The Kier molecular flexibility index (Phi) is 2.97. The summed E-state index contributed by atoms with van der Waals surface area (Å²) < 4.78 is 17.0. The van der Waals surface area contributed by atoms with Gasteiger partial charge in [0, 0.05) is 12.5 Å². The first kappa shape index (κ1) is 12.5. The van der Waals surface area contributed by atoms with Gasteiger partial charge in [0.2, 0.25) is 0 Å². The molecule has 19 heavy (non-hydrogen) atoms. The topological polar surface area (TPSA) is 44.8 Å². The van der Waals surface area contributed by atoms with E-state index < -0.39 is 5.60 Å². The summed E-state index contributed by atoms with van der Waals surface area (Å²) in [5, 5.41) is 0. The van der Waals surface area contributed by atoms with Gasteiger partial charge in [-0.2, -0.15) is 0 Å². The highest BCUT2D eigenvalue weighted by Crippen LogP contribution is 2.35. The normalized spacial score (nSPS) is 24.7. The first-order chi connectivity index (χ1) is 9.03. The Morgan fingerprint density at radius 2 is 2.21 bits per heavy atom. The third-order valence-electron chi connectivity index (χ3n) is 3.42. The molecule has 0 radical (unpaired) electrons. The molecule has 1 aromatic rings. The smallest absolute Gasteiger partial charge is 0.170 e. The average molecular weight is 262 g/mol. The Morgan fingerprint density at radius 3 is 2.95 bits per heavy atom. The zero-order chi connectivity index (χ0) is 13.5. The second kappa shape index (κ2) is 4.53. The van der Waals surface area contributed by atoms with Crippen LogP contribution in [0.15, 0.2) is 18.2 Å². The van der Waals surface area contributed by atoms with Crippen LogP contribution in [0.2, 0.25) is 0 Å². The number of ether oxygens (including phenoxy) is 3. The average Bonchev–Trinajstić information content (AvgIpc) is 2.79. The summed E-state index contributed by atoms with van der Waals surface area (Å²) in [6.45, 7) is 5.22. The van der Waals surface area contributed by atoms with Crippen molar-refractivity contribution in [1.82, 2.24) is 0 Å². The number of carbonyl (C=O) groups excluding carboxylic acids is 1. The van der Waals surface area contributed by atoms with E-state index in [-0.39, 0.29) is 11.9 Å². The molecule has 1 saturated heterocycles. The highest BCUT2D eigenvalue weighted by Gasteiger charge is 2.32. The van der Waals surface area contributed by atoms with Crippen molar-refractivity contribution in [3.05, 3.63) is 23.8 Å². The third-order valence-corrected chi connectivity index (χ3v) is 3.42. The molecule has 2 aliphatic heterocycles. The zero-order valence-corrected chi connectivity index (χ0v) is 11.3. The minimum atomic E-state index is -0.445. The molecule has 0 saturated carbocycles. The number of benzene rings is 1. The minimum Gasteiger partial charge on any atom is -0.488 e. The van der Waals surface area contributed by atoms with Crippen molar-refractivity contribution in [3.8, 4) is 11.5 Å². The van der Waals surface area contributed by atoms with Gasteiger partial charge in [-0.15, -0.1) is 0 Å². The lowest BCUT2D eigenvalue weighted by Gasteiger charge is -2.31. The summed E-state index contributed by atoms with van der Waals surface area (Å²) in [4.78, 5) is 12.0. The fourth-order valence-corrected chi connectivity index (χ4v) is 2.50. The molecule has 2 heterocycles. The summed E-state index contributed by atoms with van der Waals surface area (Å²) in [6, 6.07) is 5.43. The van der Waals surface area contributed by atoms with Crippen molar-refractivity contribution in [2.45, 2.75) is 38.4 Å². The van der Waals surface area contributed by atoms with Crippen LogP contribution in [0.25, 0.3) is 0 Å². The minimum absolute atomic E-state index is 0.102. The Hall–Kier alpha value is -1.55. The van der Waals surface area contributed by atoms with Crippen molar-refractivity contribution in [3.63, 3.8) is 0 Å². The highest BCUT2D eigenvalue weighted by molar-refractivity contribution is 6.00. The molecule has 0 amide bonds. The Bertz CT molecular complexity index is 501. The van der Waals surface area contributed by atoms with E-state index in [0.717, 1.165) is 18.8 Å². The number of Topliss-reactive ketones (excluding diaryl/α,β-unsaturated/α-hetero) is 1. The maximum atomic E-state index is 12.0. The van der Waals surface area contributed by atoms with Gasteiger partial charge in [0.15, 0.2) is 5.78 Å². The lowest BCUT2D eigenvalue weighted by atomic mass is 9.93. The number of fused-ring (bicyclic) bond motifs is 1. The lowest BCUT2D eigenvalue weighted by Crippen LogP contribution is -2.35. The maximum Gasteiger partial charge on any atom is 0.170 e. The van der Waals surface area contributed by atoms with Crippen molar-refractivity contribution >= 4 is 5.78 Å². The standard InChI is InChI=1S/C15H18O4/c1-15(2)8-13(16)12-4-3-10(7-14(12)19-15)18-11-5-6-17-9-11/h3-4,7,11H,5-6,8-9H2,1-2H3. The van der Waals surface area contributed by atoms with Gasteiger partial charge >= 0.3 is 0 Å². The van der Waals surface area contributed by atoms with Crippen LogP contribution in [0.4, 0.5) is 0 Å². The van der Waals surface area contributed by atoms with Gasteiger partial charge in [-0.3, -0.25) is 4.79 Å². The van der Waals surface area contributed by atoms with Crippen molar-refractivity contribution in [2.24, 2.45) is 0 Å². The molecule has 1 atom stereocenters. The summed E-state index contributed by atoms with van der Waals surface area (Å²) in [5.74, 6) is 1.49. The molecule has 1 aromatic carbocycles. The van der Waals surface area contributed by atoms with E-state index >= 15 is 0 Å². The first-order valence-electron chi connectivity index (χ1n) is 6.64. The van der Waals surface area contributed by atoms with Gasteiger partial charge in [-0.1, -0.05) is 0 Å². The van der Waals surface area contributed by atoms with Crippen molar-refractivity contribution in [1.29, 1.82) is 0 Å². The van der Waals surface area contributed by atoms with E-state index in [9.17, 15) is 4.79 Å². The van der Waals surface area contributed by atoms with E-state index in [4.69, 9.17) is 14.2 Å². The second-order valence-corrected chi connectivity index (χ2v) is 5.72. The largest absolute Gasteiger partial charge is 0.488 e. The molecule has 1 fully saturated rings. The number of ketones is 1. The molecule has 0 bridgehead atoms. The van der Waals surface area contributed by atoms with Crippen LogP contribution < -0.4 is 9.47 Å². The summed E-state index contributed by atoms with van der Waals surface area (Å²) in [7, 11) is 0. The molecule has 2 aliphatic rings. The van der Waals surface area contributed by atoms with Gasteiger partial charge in [-0.05, 0) is 26.0 Å². The van der Waals surface area contributed by atoms with Crippen LogP contribution >= 0.6 is 0 Å². The van der Waals surface area contributed by atoms with E-state index in [1.165, 1.54) is 0 Å². The van der Waals surface area contributed by atoms with Crippen LogP contribution in [-0.2, 0) is 4.74 Å². The van der Waals surface area contributed by atoms with E-state index in [1.54, 1.807) is 6.07 Å². The van der Waals surface area contributed by atoms with Crippen LogP contribution in [0, 0.1) is 0 Å². The summed E-state index contributed by atoms with van der Waals surface area (Å²) in [6.07, 6.45) is 1.42. The van der Waals surface area contributed by atoms with Crippen LogP contribution in [0.1, 0.15) is 37.0 Å². The van der Waals surface area contributed by atoms with Gasteiger partial charge in [0.1, 0.15) is 23.2 Å². The third kappa shape index (κ3) is 2.59. The van der Waals surface area contributed by atoms with Crippen LogP contribution in [0.5, 0.6) is 11.5 Å². The lowest BCUT2D eigenvalue weighted by molar-refractivity contribution is 0.0616. The Balaban J connectivity index is 1.84. The fraction of sp³-hybridized carbons (Fsp3) is 0.533.